The van der Waals surface area contributed by atoms with Gasteiger partial charge in [0.15, 0.2) is 0 Å². The Bertz CT molecular complexity index is 506. The molecule has 0 fully saturated rings. The van der Waals surface area contributed by atoms with Gasteiger partial charge in [0, 0.05) is 19.3 Å². The highest BCUT2D eigenvalue weighted by atomic mass is 15.1. The average Bonchev–Trinajstić information content (AvgIpc) is 2.45. The van der Waals surface area contributed by atoms with E-state index in [1.165, 1.54) is 11.1 Å². The summed E-state index contributed by atoms with van der Waals surface area (Å²) in [5, 5.41) is 0. The number of fused-ring (bicyclic) bond motifs is 1. The molecule has 19 heavy (non-hydrogen) atoms. The van der Waals surface area contributed by atoms with Gasteiger partial charge in [-0.2, -0.15) is 0 Å². The molecule has 1 heteroatoms. The largest absolute Gasteiger partial charge is 0.370 e. The smallest absolute Gasteiger partial charge is 0.0434 e. The summed E-state index contributed by atoms with van der Waals surface area (Å²) < 4.78 is 0. The molecule has 0 radical (unpaired) electrons. The highest BCUT2D eigenvalue weighted by Gasteiger charge is 2.10. The molecule has 0 atom stereocenters. The lowest BCUT2D eigenvalue weighted by Crippen LogP contribution is -2.18. The van der Waals surface area contributed by atoms with Gasteiger partial charge in [0.05, 0.1) is 0 Å². The van der Waals surface area contributed by atoms with Crippen LogP contribution in [-0.2, 0) is 6.54 Å². The van der Waals surface area contributed by atoms with Crippen molar-refractivity contribution in [2.45, 2.75) is 20.4 Å². The fourth-order valence-corrected chi connectivity index (χ4v) is 2.11. The van der Waals surface area contributed by atoms with Crippen molar-refractivity contribution in [1.29, 1.82) is 0 Å². The maximum Gasteiger partial charge on any atom is 0.0434 e. The van der Waals surface area contributed by atoms with E-state index in [4.69, 9.17) is 0 Å². The van der Waals surface area contributed by atoms with Crippen molar-refractivity contribution < 1.29 is 0 Å². The van der Waals surface area contributed by atoms with Crippen LogP contribution >= 0.6 is 0 Å². The fraction of sp³-hybridized carbons (Fsp3) is 0.222. The molecule has 0 amide bonds. The van der Waals surface area contributed by atoms with Crippen molar-refractivity contribution in [3.05, 3.63) is 78.0 Å². The van der Waals surface area contributed by atoms with Gasteiger partial charge in [-0.3, -0.25) is 0 Å². The molecule has 0 saturated heterocycles. The lowest BCUT2D eigenvalue weighted by Gasteiger charge is -2.24. The Morgan fingerprint density at radius 2 is 1.74 bits per heavy atom. The molecule has 2 rings (SSSR count). The molecule has 0 aliphatic carbocycles. The van der Waals surface area contributed by atoms with E-state index >= 15 is 0 Å². The highest BCUT2D eigenvalue weighted by Crippen LogP contribution is 2.22. The topological polar surface area (TPSA) is 3.24 Å². The third-order valence-corrected chi connectivity index (χ3v) is 3.03. The number of hydrogen-bond acceptors (Lipinski definition) is 1. The zero-order chi connectivity index (χ0) is 14.3. The molecule has 1 aliphatic rings. The van der Waals surface area contributed by atoms with E-state index in [0.717, 1.165) is 17.8 Å². The third-order valence-electron chi connectivity index (χ3n) is 3.03. The second-order valence-electron chi connectivity index (χ2n) is 4.14. The zero-order valence-electron chi connectivity index (χ0n) is 12.2. The summed E-state index contributed by atoms with van der Waals surface area (Å²) in [5.41, 5.74) is 4.82. The van der Waals surface area contributed by atoms with Crippen LogP contribution in [0, 0.1) is 0 Å². The summed E-state index contributed by atoms with van der Waals surface area (Å²) in [6, 6.07) is 8.44. The Morgan fingerprint density at radius 1 is 1.05 bits per heavy atom. The average molecular weight is 253 g/mol. The van der Waals surface area contributed by atoms with Gasteiger partial charge in [-0.25, -0.2) is 0 Å². The molecule has 1 heterocycles. The van der Waals surface area contributed by atoms with Crippen LogP contribution < -0.4 is 0 Å². The summed E-state index contributed by atoms with van der Waals surface area (Å²) in [4.78, 5) is 2.20. The second kappa shape index (κ2) is 7.42. The first-order valence-corrected chi connectivity index (χ1v) is 6.72. The minimum Gasteiger partial charge on any atom is -0.370 e. The molecular weight excluding hydrogens is 230 g/mol. The number of allylic oxidation sites excluding steroid dienone is 4. The fourth-order valence-electron chi connectivity index (χ4n) is 2.11. The number of rotatable bonds is 2. The van der Waals surface area contributed by atoms with Crippen LogP contribution in [0.5, 0.6) is 0 Å². The lowest BCUT2D eigenvalue weighted by atomic mass is 10.0. The predicted octanol–water partition coefficient (Wildman–Crippen LogP) is 4.80. The van der Waals surface area contributed by atoms with Crippen molar-refractivity contribution in [2.24, 2.45) is 0 Å². The lowest BCUT2D eigenvalue weighted by molar-refractivity contribution is 0.422. The van der Waals surface area contributed by atoms with Gasteiger partial charge in [0.1, 0.15) is 0 Å². The molecule has 1 aromatic rings. The van der Waals surface area contributed by atoms with E-state index < -0.39 is 0 Å². The van der Waals surface area contributed by atoms with Crippen LogP contribution in [0.1, 0.15) is 25.0 Å². The van der Waals surface area contributed by atoms with Crippen LogP contribution in [-0.4, -0.2) is 11.9 Å². The van der Waals surface area contributed by atoms with Crippen molar-refractivity contribution in [3.8, 4) is 0 Å². The SMILES string of the molecule is C=CC1=C(\C=C)N(C)Cc2ccccc2/C=C\1.CC. The zero-order valence-corrected chi connectivity index (χ0v) is 12.2. The number of nitrogens with zero attached hydrogens (tertiary/aromatic N) is 1. The van der Waals surface area contributed by atoms with Crippen LogP contribution in [0.4, 0.5) is 0 Å². The van der Waals surface area contributed by atoms with E-state index in [0.29, 0.717) is 0 Å². The minimum atomic E-state index is 0.888. The molecule has 1 aliphatic heterocycles. The minimum absolute atomic E-state index is 0.888. The standard InChI is InChI=1S/C16H17N.C2H6/c1-4-13-10-11-14-8-6-7-9-15(14)12-17(3)16(13)5-2;1-2/h4-11H,1-2,12H2,3H3;1-2H3/b11-10-,16-13-;. The first-order chi connectivity index (χ1) is 9.26. The maximum atomic E-state index is 3.88. The van der Waals surface area contributed by atoms with Crippen molar-refractivity contribution in [1.82, 2.24) is 4.90 Å². The predicted molar refractivity (Wildman–Crippen MR) is 85.7 cm³/mol. The van der Waals surface area contributed by atoms with E-state index in [1.54, 1.807) is 0 Å². The Labute approximate surface area is 117 Å². The maximum absolute atomic E-state index is 3.88. The van der Waals surface area contributed by atoms with Crippen molar-refractivity contribution in [3.63, 3.8) is 0 Å². The van der Waals surface area contributed by atoms with Gasteiger partial charge < -0.3 is 4.90 Å². The molecule has 0 saturated carbocycles. The first-order valence-electron chi connectivity index (χ1n) is 6.72. The third kappa shape index (κ3) is 3.47. The quantitative estimate of drug-likeness (QED) is 0.732. The Hall–Kier alpha value is -2.02. The Kier molecular flexibility index (Phi) is 5.87. The number of benzene rings is 1. The molecule has 0 unspecified atom stereocenters. The van der Waals surface area contributed by atoms with Crippen LogP contribution in [0.3, 0.4) is 0 Å². The second-order valence-corrected chi connectivity index (χ2v) is 4.14. The summed E-state index contributed by atoms with van der Waals surface area (Å²) in [5.74, 6) is 0. The monoisotopic (exact) mass is 253 g/mol. The Balaban J connectivity index is 0.000000861. The molecule has 0 spiro atoms. The molecule has 100 valence electrons. The summed E-state index contributed by atoms with van der Waals surface area (Å²) >= 11 is 0. The van der Waals surface area contributed by atoms with E-state index in [-0.39, 0.29) is 0 Å². The van der Waals surface area contributed by atoms with E-state index in [9.17, 15) is 0 Å². The Morgan fingerprint density at radius 3 is 2.37 bits per heavy atom. The van der Waals surface area contributed by atoms with Crippen molar-refractivity contribution in [2.75, 3.05) is 7.05 Å². The molecule has 0 bridgehead atoms. The van der Waals surface area contributed by atoms with Crippen LogP contribution in [0.2, 0.25) is 0 Å². The molecule has 0 N–H and O–H groups in total. The first kappa shape index (κ1) is 15.0. The molecule has 1 nitrogen and oxygen atoms in total. The highest BCUT2D eigenvalue weighted by molar-refractivity contribution is 5.60. The van der Waals surface area contributed by atoms with Crippen LogP contribution in [0.25, 0.3) is 6.08 Å². The van der Waals surface area contributed by atoms with Gasteiger partial charge in [-0.15, -0.1) is 0 Å². The number of likely N-dealkylation sites (N-methyl/N-ethyl adjacent to an activating group) is 1. The molecular formula is C18H23N. The summed E-state index contributed by atoms with van der Waals surface area (Å²) in [6.07, 6.45) is 7.99. The van der Waals surface area contributed by atoms with Gasteiger partial charge in [-0.05, 0) is 22.8 Å². The van der Waals surface area contributed by atoms with Gasteiger partial charge in [0.2, 0.25) is 0 Å². The summed E-state index contributed by atoms with van der Waals surface area (Å²) in [7, 11) is 2.08. The summed E-state index contributed by atoms with van der Waals surface area (Å²) in [6.45, 7) is 12.6. The van der Waals surface area contributed by atoms with Gasteiger partial charge >= 0.3 is 0 Å². The molecule has 1 aromatic carbocycles. The van der Waals surface area contributed by atoms with Crippen LogP contribution in [0.15, 0.2) is 66.9 Å². The van der Waals surface area contributed by atoms with Gasteiger partial charge in [0.25, 0.3) is 0 Å². The van der Waals surface area contributed by atoms with Crippen molar-refractivity contribution >= 4 is 6.08 Å². The number of hydrogen-bond donors (Lipinski definition) is 0. The van der Waals surface area contributed by atoms with E-state index in [2.05, 4.69) is 61.5 Å². The van der Waals surface area contributed by atoms with Gasteiger partial charge in [-0.1, -0.05) is 69.5 Å². The van der Waals surface area contributed by atoms with E-state index in [1.807, 2.05) is 26.0 Å². The normalized spacial score (nSPS) is 19.2. The molecule has 0 aromatic heterocycles.